The summed E-state index contributed by atoms with van der Waals surface area (Å²) in [6.45, 7) is 0. The van der Waals surface area contributed by atoms with Crippen molar-refractivity contribution in [3.8, 4) is 5.75 Å². The number of hydrogen-bond donors (Lipinski definition) is 2. The van der Waals surface area contributed by atoms with Crippen LogP contribution in [0.4, 0.5) is 11.4 Å². The maximum Gasteiger partial charge on any atom is 0.255 e. The van der Waals surface area contributed by atoms with E-state index in [0.29, 0.717) is 22.7 Å². The number of furan rings is 1. The highest BCUT2D eigenvalue weighted by molar-refractivity contribution is 6.05. The van der Waals surface area contributed by atoms with Gasteiger partial charge in [0.15, 0.2) is 0 Å². The average molecular weight is 376 g/mol. The van der Waals surface area contributed by atoms with Crippen LogP contribution < -0.4 is 15.4 Å². The van der Waals surface area contributed by atoms with E-state index in [2.05, 4.69) is 10.6 Å². The molecule has 2 amide bonds. The molecule has 142 valence electrons. The molecule has 2 aromatic carbocycles. The fourth-order valence-corrected chi connectivity index (χ4v) is 3.18. The summed E-state index contributed by atoms with van der Waals surface area (Å²) in [5.74, 6) is 1.24. The van der Waals surface area contributed by atoms with Crippen molar-refractivity contribution in [2.45, 2.75) is 12.3 Å². The topological polar surface area (TPSA) is 80.6 Å². The summed E-state index contributed by atoms with van der Waals surface area (Å²) in [6, 6.07) is 17.7. The van der Waals surface area contributed by atoms with Crippen molar-refractivity contribution < 1.29 is 18.7 Å². The average Bonchev–Trinajstić information content (AvgIpc) is 3.34. The Bertz CT molecular complexity index is 980. The van der Waals surface area contributed by atoms with E-state index in [9.17, 15) is 9.59 Å². The SMILES string of the molecule is COc1ccccc1NC(=O)c1ccc(NC(=O)C2CC2c2ccco2)cc1. The maximum absolute atomic E-state index is 12.4. The van der Waals surface area contributed by atoms with Crippen LogP contribution in [0.2, 0.25) is 0 Å². The van der Waals surface area contributed by atoms with Gasteiger partial charge >= 0.3 is 0 Å². The van der Waals surface area contributed by atoms with Gasteiger partial charge < -0.3 is 19.8 Å². The zero-order valence-corrected chi connectivity index (χ0v) is 15.3. The second-order valence-electron chi connectivity index (χ2n) is 6.69. The van der Waals surface area contributed by atoms with Gasteiger partial charge in [0, 0.05) is 23.1 Å². The van der Waals surface area contributed by atoms with Crippen LogP contribution in [0.3, 0.4) is 0 Å². The minimum atomic E-state index is -0.248. The molecule has 1 aliphatic carbocycles. The third kappa shape index (κ3) is 3.76. The van der Waals surface area contributed by atoms with Gasteiger partial charge in [0.05, 0.1) is 19.1 Å². The van der Waals surface area contributed by atoms with Crippen molar-refractivity contribution in [2.24, 2.45) is 5.92 Å². The highest BCUT2D eigenvalue weighted by Crippen LogP contribution is 2.48. The Hall–Kier alpha value is -3.54. The molecule has 4 rings (SSSR count). The predicted octanol–water partition coefficient (Wildman–Crippen LogP) is 4.28. The van der Waals surface area contributed by atoms with E-state index >= 15 is 0 Å². The van der Waals surface area contributed by atoms with Crippen LogP contribution in [-0.4, -0.2) is 18.9 Å². The highest BCUT2D eigenvalue weighted by atomic mass is 16.5. The summed E-state index contributed by atoms with van der Waals surface area (Å²) < 4.78 is 10.6. The van der Waals surface area contributed by atoms with Gasteiger partial charge in [0.25, 0.3) is 5.91 Å². The minimum absolute atomic E-state index is 0.0346. The van der Waals surface area contributed by atoms with E-state index in [0.717, 1.165) is 12.2 Å². The molecule has 0 aliphatic heterocycles. The molecule has 2 unspecified atom stereocenters. The molecule has 2 N–H and O–H groups in total. The Kier molecular flexibility index (Phi) is 4.85. The summed E-state index contributed by atoms with van der Waals surface area (Å²) >= 11 is 0. The molecule has 6 nitrogen and oxygen atoms in total. The van der Waals surface area contributed by atoms with Gasteiger partial charge in [0.1, 0.15) is 11.5 Å². The first-order valence-corrected chi connectivity index (χ1v) is 9.04. The Morgan fingerprint density at radius 1 is 1.00 bits per heavy atom. The fraction of sp³-hybridized carbons (Fsp3) is 0.182. The lowest BCUT2D eigenvalue weighted by atomic mass is 10.1. The molecule has 6 heteroatoms. The van der Waals surface area contributed by atoms with Crippen LogP contribution in [0.5, 0.6) is 5.75 Å². The number of ether oxygens (including phenoxy) is 1. The molecule has 0 radical (unpaired) electrons. The van der Waals surface area contributed by atoms with Gasteiger partial charge in [-0.2, -0.15) is 0 Å². The van der Waals surface area contributed by atoms with Crippen LogP contribution in [0.25, 0.3) is 0 Å². The van der Waals surface area contributed by atoms with E-state index in [1.54, 1.807) is 49.8 Å². The Balaban J connectivity index is 1.36. The van der Waals surface area contributed by atoms with Crippen LogP contribution >= 0.6 is 0 Å². The number of benzene rings is 2. The third-order valence-corrected chi connectivity index (χ3v) is 4.81. The minimum Gasteiger partial charge on any atom is -0.495 e. The van der Waals surface area contributed by atoms with Crippen molar-refractivity contribution in [1.82, 2.24) is 0 Å². The lowest BCUT2D eigenvalue weighted by Crippen LogP contribution is -2.15. The quantitative estimate of drug-likeness (QED) is 0.673. The smallest absolute Gasteiger partial charge is 0.255 e. The summed E-state index contributed by atoms with van der Waals surface area (Å²) in [4.78, 5) is 24.8. The van der Waals surface area contributed by atoms with Gasteiger partial charge in [-0.15, -0.1) is 0 Å². The van der Waals surface area contributed by atoms with E-state index in [1.807, 2.05) is 24.3 Å². The number of carbonyl (C=O) groups is 2. The first-order chi connectivity index (χ1) is 13.7. The van der Waals surface area contributed by atoms with Gasteiger partial charge in [-0.25, -0.2) is 0 Å². The summed E-state index contributed by atoms with van der Waals surface area (Å²) in [7, 11) is 1.55. The predicted molar refractivity (Wildman–Crippen MR) is 106 cm³/mol. The molecular weight excluding hydrogens is 356 g/mol. The maximum atomic E-state index is 12.4. The molecule has 1 heterocycles. The molecule has 0 bridgehead atoms. The van der Waals surface area contributed by atoms with Crippen LogP contribution in [0.1, 0.15) is 28.5 Å². The summed E-state index contributed by atoms with van der Waals surface area (Å²) in [6.07, 6.45) is 2.41. The number of para-hydroxylation sites is 2. The summed E-state index contributed by atoms with van der Waals surface area (Å²) in [5.41, 5.74) is 1.75. The second-order valence-corrected chi connectivity index (χ2v) is 6.69. The van der Waals surface area contributed by atoms with E-state index < -0.39 is 0 Å². The van der Waals surface area contributed by atoms with Gasteiger partial charge in [-0.05, 0) is 55.0 Å². The van der Waals surface area contributed by atoms with E-state index in [1.165, 1.54) is 0 Å². The zero-order valence-electron chi connectivity index (χ0n) is 15.3. The molecule has 0 saturated heterocycles. The summed E-state index contributed by atoms with van der Waals surface area (Å²) in [5, 5.41) is 5.72. The van der Waals surface area contributed by atoms with Crippen molar-refractivity contribution in [3.63, 3.8) is 0 Å². The molecule has 1 aliphatic rings. The monoisotopic (exact) mass is 376 g/mol. The normalized spacial score (nSPS) is 17.6. The van der Waals surface area contributed by atoms with E-state index in [4.69, 9.17) is 9.15 Å². The Morgan fingerprint density at radius 3 is 2.50 bits per heavy atom. The first-order valence-electron chi connectivity index (χ1n) is 9.04. The third-order valence-electron chi connectivity index (χ3n) is 4.81. The number of rotatable bonds is 6. The zero-order chi connectivity index (χ0) is 19.5. The standard InChI is InChI=1S/C22H20N2O4/c1-27-20-6-3-2-5-18(20)24-21(25)14-8-10-15(11-9-14)23-22(26)17-13-16(17)19-7-4-12-28-19/h2-12,16-17H,13H2,1H3,(H,23,26)(H,24,25). The number of nitrogens with one attached hydrogen (secondary N) is 2. The van der Waals surface area contributed by atoms with Crippen LogP contribution in [0.15, 0.2) is 71.3 Å². The molecule has 3 aromatic rings. The molecular formula is C22H20N2O4. The molecule has 1 aromatic heterocycles. The molecule has 2 atom stereocenters. The number of carbonyl (C=O) groups excluding carboxylic acids is 2. The molecule has 0 spiro atoms. The van der Waals surface area contributed by atoms with Crippen molar-refractivity contribution in [2.75, 3.05) is 17.7 Å². The van der Waals surface area contributed by atoms with Crippen molar-refractivity contribution >= 4 is 23.2 Å². The van der Waals surface area contributed by atoms with Gasteiger partial charge in [-0.3, -0.25) is 9.59 Å². The fourth-order valence-electron chi connectivity index (χ4n) is 3.18. The largest absolute Gasteiger partial charge is 0.495 e. The highest BCUT2D eigenvalue weighted by Gasteiger charge is 2.45. The van der Waals surface area contributed by atoms with Gasteiger partial charge in [0.2, 0.25) is 5.91 Å². The number of amides is 2. The lowest BCUT2D eigenvalue weighted by Gasteiger charge is -2.10. The number of methoxy groups -OCH3 is 1. The molecule has 1 fully saturated rings. The number of hydrogen-bond acceptors (Lipinski definition) is 4. The first kappa shape index (κ1) is 17.9. The molecule has 28 heavy (non-hydrogen) atoms. The Labute approximate surface area is 162 Å². The number of anilines is 2. The van der Waals surface area contributed by atoms with Crippen LogP contribution in [-0.2, 0) is 4.79 Å². The van der Waals surface area contributed by atoms with Crippen LogP contribution in [0, 0.1) is 5.92 Å². The van der Waals surface area contributed by atoms with Crippen molar-refractivity contribution in [3.05, 3.63) is 78.3 Å². The Morgan fingerprint density at radius 2 is 1.79 bits per heavy atom. The van der Waals surface area contributed by atoms with Crippen molar-refractivity contribution in [1.29, 1.82) is 0 Å². The lowest BCUT2D eigenvalue weighted by molar-refractivity contribution is -0.117. The van der Waals surface area contributed by atoms with E-state index in [-0.39, 0.29) is 23.7 Å². The second kappa shape index (κ2) is 7.60. The van der Waals surface area contributed by atoms with Gasteiger partial charge in [-0.1, -0.05) is 12.1 Å². The molecule has 1 saturated carbocycles.